The van der Waals surface area contributed by atoms with Gasteiger partial charge in [0.2, 0.25) is 5.90 Å². The van der Waals surface area contributed by atoms with Crippen molar-refractivity contribution in [2.24, 2.45) is 10.1 Å². The van der Waals surface area contributed by atoms with E-state index in [1.54, 1.807) is 78.9 Å². The van der Waals surface area contributed by atoms with Crippen molar-refractivity contribution in [3.8, 4) is 5.75 Å². The molecule has 1 heterocycles. The summed E-state index contributed by atoms with van der Waals surface area (Å²) in [5.41, 5.74) is 9.74. The minimum Gasteiger partial charge on any atom is -0.494 e. The van der Waals surface area contributed by atoms with Gasteiger partial charge in [-0.1, -0.05) is 59.7 Å². The molecular weight excluding hydrogens is 649 g/mol. The maximum atomic E-state index is 14.5. The van der Waals surface area contributed by atoms with E-state index in [2.05, 4.69) is 15.3 Å². The van der Waals surface area contributed by atoms with Gasteiger partial charge in [-0.2, -0.15) is 0 Å². The van der Waals surface area contributed by atoms with E-state index in [1.165, 1.54) is 24.3 Å². The van der Waals surface area contributed by atoms with Crippen LogP contribution in [0.2, 0.25) is 0 Å². The topological polar surface area (TPSA) is 163 Å². The maximum absolute atomic E-state index is 14.5. The van der Waals surface area contributed by atoms with Gasteiger partial charge in [0.25, 0.3) is 5.91 Å². The molecule has 254 valence electrons. The van der Waals surface area contributed by atoms with Crippen LogP contribution in [0.15, 0.2) is 118 Å². The number of sulfone groups is 1. The highest BCUT2D eigenvalue weighted by atomic mass is 32.2. The molecule has 0 aliphatic carbocycles. The van der Waals surface area contributed by atoms with Gasteiger partial charge in [-0.3, -0.25) is 4.79 Å². The van der Waals surface area contributed by atoms with Crippen molar-refractivity contribution in [2.45, 2.75) is 42.3 Å². The summed E-state index contributed by atoms with van der Waals surface area (Å²) in [6.45, 7) is 0.454. The molecule has 0 saturated heterocycles. The summed E-state index contributed by atoms with van der Waals surface area (Å²) in [7, 11) is -3.86. The van der Waals surface area contributed by atoms with Crippen molar-refractivity contribution in [2.75, 3.05) is 25.5 Å². The Balaban J connectivity index is 1.56. The molecule has 4 aromatic carbocycles. The number of nitrogens with zero attached hydrogens (tertiary/aromatic N) is 4. The van der Waals surface area contributed by atoms with E-state index in [4.69, 9.17) is 25.1 Å². The zero-order valence-electron chi connectivity index (χ0n) is 26.6. The molecule has 2 N–H and O–H groups in total. The highest BCUT2D eigenvalue weighted by Crippen LogP contribution is 2.44. The van der Waals surface area contributed by atoms with Crippen LogP contribution in [0, 0.1) is 5.82 Å². The minimum absolute atomic E-state index is 0.000686. The van der Waals surface area contributed by atoms with E-state index in [9.17, 15) is 17.6 Å². The van der Waals surface area contributed by atoms with Crippen molar-refractivity contribution in [3.05, 3.63) is 142 Å². The number of carbonyl (C=O) groups is 1. The van der Waals surface area contributed by atoms with Gasteiger partial charge >= 0.3 is 0 Å². The van der Waals surface area contributed by atoms with Crippen molar-refractivity contribution in [3.63, 3.8) is 0 Å². The van der Waals surface area contributed by atoms with Crippen molar-refractivity contribution in [1.82, 2.24) is 5.32 Å². The monoisotopic (exact) mass is 685 g/mol. The molecule has 0 bridgehead atoms. The Bertz CT molecular complexity index is 1920. The molecule has 0 saturated carbocycles. The first kappa shape index (κ1) is 35.1. The zero-order valence-corrected chi connectivity index (χ0v) is 27.4. The third-order valence-electron chi connectivity index (χ3n) is 8.14. The van der Waals surface area contributed by atoms with Gasteiger partial charge in [0.05, 0.1) is 23.8 Å². The van der Waals surface area contributed by atoms with E-state index in [0.717, 1.165) is 5.56 Å². The fraction of sp³-hybridized carbons (Fsp3) is 0.278. The molecule has 0 fully saturated rings. The molecular formula is C36H36FN5O6S. The number of aliphatic imine (C=N–C) groups is 1. The molecule has 13 heteroatoms. The second-order valence-corrected chi connectivity index (χ2v) is 13.5. The number of ether oxygens (including phenoxy) is 2. The van der Waals surface area contributed by atoms with Gasteiger partial charge in [-0.25, -0.2) is 17.8 Å². The van der Waals surface area contributed by atoms with E-state index in [-0.39, 0.29) is 42.7 Å². The van der Waals surface area contributed by atoms with Crippen LogP contribution in [0.4, 0.5) is 4.39 Å². The molecule has 0 radical (unpaired) electrons. The molecule has 49 heavy (non-hydrogen) atoms. The number of nitrogens with one attached hydrogen (secondary N) is 1. The number of carbonyl (C=O) groups excluding carboxylic acids is 1. The van der Waals surface area contributed by atoms with Crippen LogP contribution in [-0.4, -0.2) is 56.4 Å². The fourth-order valence-corrected chi connectivity index (χ4v) is 6.94. The second-order valence-electron chi connectivity index (χ2n) is 11.4. The second kappa shape index (κ2) is 16.2. The van der Waals surface area contributed by atoms with E-state index >= 15 is 0 Å². The van der Waals surface area contributed by atoms with Crippen LogP contribution < -0.4 is 10.1 Å². The van der Waals surface area contributed by atoms with Crippen molar-refractivity contribution < 1.29 is 32.2 Å². The molecule has 0 aromatic heterocycles. The maximum Gasteiger partial charge on any atom is 0.252 e. The molecule has 1 aliphatic rings. The smallest absolute Gasteiger partial charge is 0.252 e. The normalized spacial score (nSPS) is 17.0. The lowest BCUT2D eigenvalue weighted by atomic mass is 9.83. The molecule has 1 amide bonds. The Hall–Kier alpha value is -5.23. The highest BCUT2D eigenvalue weighted by Gasteiger charge is 2.54. The molecule has 5 rings (SSSR count). The molecule has 4 aromatic rings. The van der Waals surface area contributed by atoms with Gasteiger partial charge in [0.15, 0.2) is 21.5 Å². The lowest BCUT2D eigenvalue weighted by Crippen LogP contribution is -2.50. The van der Waals surface area contributed by atoms with Crippen molar-refractivity contribution >= 4 is 21.6 Å². The molecule has 0 spiro atoms. The summed E-state index contributed by atoms with van der Waals surface area (Å²) < 4.78 is 52.9. The minimum atomic E-state index is -3.86. The predicted octanol–water partition coefficient (Wildman–Crippen LogP) is 5.88. The number of aliphatic hydroxyl groups excluding tert-OH is 1. The van der Waals surface area contributed by atoms with Gasteiger partial charge < -0.3 is 19.9 Å². The first-order valence-electron chi connectivity index (χ1n) is 15.8. The Morgan fingerprint density at radius 3 is 2.45 bits per heavy atom. The summed E-state index contributed by atoms with van der Waals surface area (Å²) in [5.74, 6) is -0.666. The van der Waals surface area contributed by atoms with Gasteiger partial charge in [0, 0.05) is 36.5 Å². The van der Waals surface area contributed by atoms with Crippen LogP contribution in [0.5, 0.6) is 5.75 Å². The number of aliphatic hydroxyl groups is 1. The van der Waals surface area contributed by atoms with Gasteiger partial charge in [-0.15, -0.1) is 0 Å². The third kappa shape index (κ3) is 8.63. The molecule has 2 atom stereocenters. The molecule has 1 aliphatic heterocycles. The predicted molar refractivity (Wildman–Crippen MR) is 182 cm³/mol. The number of benzene rings is 4. The van der Waals surface area contributed by atoms with Crippen LogP contribution in [0.25, 0.3) is 10.4 Å². The zero-order chi connectivity index (χ0) is 34.7. The van der Waals surface area contributed by atoms with E-state index in [1.807, 2.05) is 0 Å². The summed E-state index contributed by atoms with van der Waals surface area (Å²) in [6.07, 6.45) is -0.472. The standard InChI is InChI=1S/C36H36FN5O6S/c37-29-15-11-26(12-16-29)19-21-39-35(44)36(20-24-49(45,46)31-8-2-1-3-9-31)33(32-10-5-4-7-28(32)25-40-42-38)48-34(41-36)27-13-17-30(18-14-27)47-23-6-22-43/h1-5,7-18,33,43H,6,19-25H2,(H,39,44)/t33-,36-/m1/s1. The van der Waals surface area contributed by atoms with Gasteiger partial charge in [0.1, 0.15) is 11.6 Å². The summed E-state index contributed by atoms with van der Waals surface area (Å²) >= 11 is 0. The lowest BCUT2D eigenvalue weighted by Gasteiger charge is -2.31. The van der Waals surface area contributed by atoms with Crippen molar-refractivity contribution in [1.29, 1.82) is 0 Å². The summed E-state index contributed by atoms with van der Waals surface area (Å²) in [5, 5.41) is 15.7. The number of halogens is 1. The Morgan fingerprint density at radius 1 is 1.02 bits per heavy atom. The average molecular weight is 686 g/mol. The fourth-order valence-electron chi connectivity index (χ4n) is 5.55. The van der Waals surface area contributed by atoms with Gasteiger partial charge in [-0.05, 0) is 77.2 Å². The quantitative estimate of drug-likeness (QED) is 0.0648. The average Bonchev–Trinajstić information content (AvgIpc) is 3.52. The third-order valence-corrected chi connectivity index (χ3v) is 9.87. The Labute approximate surface area is 284 Å². The summed E-state index contributed by atoms with van der Waals surface area (Å²) in [4.78, 5) is 22.4. The number of hydrogen-bond acceptors (Lipinski definition) is 8. The van der Waals surface area contributed by atoms with Crippen LogP contribution in [-0.2, 0) is 32.3 Å². The number of azide groups is 1. The number of rotatable bonds is 16. The Kier molecular flexibility index (Phi) is 11.6. The van der Waals surface area contributed by atoms with Crippen LogP contribution >= 0.6 is 0 Å². The lowest BCUT2D eigenvalue weighted by molar-refractivity contribution is -0.129. The molecule has 11 nitrogen and oxygen atoms in total. The van der Waals surface area contributed by atoms with E-state index in [0.29, 0.717) is 41.9 Å². The number of hydrogen-bond donors (Lipinski definition) is 2. The summed E-state index contributed by atoms with van der Waals surface area (Å²) in [6, 6.07) is 27.8. The highest BCUT2D eigenvalue weighted by molar-refractivity contribution is 7.91. The number of amides is 1. The largest absolute Gasteiger partial charge is 0.494 e. The first-order chi connectivity index (χ1) is 23.8. The Morgan fingerprint density at radius 2 is 1.73 bits per heavy atom. The first-order valence-corrected chi connectivity index (χ1v) is 17.4. The van der Waals surface area contributed by atoms with Crippen LogP contribution in [0.3, 0.4) is 0 Å². The van der Waals surface area contributed by atoms with E-state index < -0.39 is 33.1 Å². The molecule has 0 unspecified atom stereocenters. The SMILES string of the molecule is [N-]=[N+]=NCc1ccccc1[C@H]1OC(c2ccc(OCCCO)cc2)=N[C@@]1(CCS(=O)(=O)c1ccccc1)C(=O)NCCc1ccc(F)cc1. The van der Waals surface area contributed by atoms with Crippen LogP contribution in [0.1, 0.15) is 41.2 Å².